The van der Waals surface area contributed by atoms with Gasteiger partial charge in [-0.05, 0) is 51.1 Å². The second kappa shape index (κ2) is 12.5. The van der Waals surface area contributed by atoms with Crippen LogP contribution in [0.15, 0.2) is 47.4 Å². The first-order valence-electron chi connectivity index (χ1n) is 9.88. The van der Waals surface area contributed by atoms with Crippen LogP contribution >= 0.6 is 11.8 Å². The van der Waals surface area contributed by atoms with Crippen LogP contribution in [0.2, 0.25) is 0 Å². The maximum Gasteiger partial charge on any atom is 0.257 e. The van der Waals surface area contributed by atoms with Gasteiger partial charge in [0.25, 0.3) is 11.8 Å². The minimum atomic E-state index is -0.544. The summed E-state index contributed by atoms with van der Waals surface area (Å²) in [5.74, 6) is -0.177. The molecule has 0 aliphatic carbocycles. The standard InChI is InChI=1S/C22H27N3O5S/c1-4-29-18-11-8-16(12-19(18)30-5-2)22(28)23-13-20(26)24-25-21(27)14-31-17-9-6-15(3)7-10-17/h6-12H,4-5,13-14H2,1-3H3,(H,23,28)(H,24,26)(H,25,27). The van der Waals surface area contributed by atoms with Crippen molar-refractivity contribution in [2.24, 2.45) is 0 Å². The Labute approximate surface area is 186 Å². The number of amides is 3. The summed E-state index contributed by atoms with van der Waals surface area (Å²) in [5, 5.41) is 2.50. The van der Waals surface area contributed by atoms with Crippen LogP contribution in [0.25, 0.3) is 0 Å². The molecule has 0 aliphatic rings. The van der Waals surface area contributed by atoms with Crippen LogP contribution in [0.3, 0.4) is 0 Å². The smallest absolute Gasteiger partial charge is 0.257 e. The molecule has 0 aromatic heterocycles. The molecular weight excluding hydrogens is 418 g/mol. The average molecular weight is 446 g/mol. The summed E-state index contributed by atoms with van der Waals surface area (Å²) in [7, 11) is 0. The van der Waals surface area contributed by atoms with Crippen LogP contribution in [-0.4, -0.2) is 43.2 Å². The number of ether oxygens (including phenoxy) is 2. The molecule has 0 saturated heterocycles. The summed E-state index contributed by atoms with van der Waals surface area (Å²) >= 11 is 1.36. The molecule has 166 valence electrons. The van der Waals surface area contributed by atoms with Gasteiger partial charge in [-0.1, -0.05) is 17.7 Å². The van der Waals surface area contributed by atoms with E-state index in [4.69, 9.17) is 9.47 Å². The minimum Gasteiger partial charge on any atom is -0.490 e. The van der Waals surface area contributed by atoms with Crippen LogP contribution in [-0.2, 0) is 9.59 Å². The van der Waals surface area contributed by atoms with Crippen LogP contribution < -0.4 is 25.6 Å². The largest absolute Gasteiger partial charge is 0.490 e. The molecule has 3 amide bonds. The van der Waals surface area contributed by atoms with E-state index >= 15 is 0 Å². The van der Waals surface area contributed by atoms with E-state index < -0.39 is 11.8 Å². The molecule has 2 aromatic rings. The van der Waals surface area contributed by atoms with Gasteiger partial charge in [-0.15, -0.1) is 11.8 Å². The van der Waals surface area contributed by atoms with Crippen LogP contribution in [0.4, 0.5) is 0 Å². The molecule has 0 atom stereocenters. The highest BCUT2D eigenvalue weighted by Crippen LogP contribution is 2.28. The zero-order chi connectivity index (χ0) is 22.6. The number of carbonyl (C=O) groups is 3. The van der Waals surface area contributed by atoms with E-state index in [1.54, 1.807) is 18.2 Å². The molecule has 2 aromatic carbocycles. The first-order chi connectivity index (χ1) is 14.9. The van der Waals surface area contributed by atoms with E-state index in [1.807, 2.05) is 45.0 Å². The predicted molar refractivity (Wildman–Crippen MR) is 119 cm³/mol. The fourth-order valence-electron chi connectivity index (χ4n) is 2.46. The average Bonchev–Trinajstić information content (AvgIpc) is 2.77. The molecule has 31 heavy (non-hydrogen) atoms. The van der Waals surface area contributed by atoms with E-state index in [2.05, 4.69) is 16.2 Å². The lowest BCUT2D eigenvalue weighted by Crippen LogP contribution is -2.46. The van der Waals surface area contributed by atoms with Crippen molar-refractivity contribution >= 4 is 29.5 Å². The first-order valence-corrected chi connectivity index (χ1v) is 10.9. The SMILES string of the molecule is CCOc1ccc(C(=O)NCC(=O)NNC(=O)CSc2ccc(C)cc2)cc1OCC. The Kier molecular flexibility index (Phi) is 9.70. The van der Waals surface area contributed by atoms with Gasteiger partial charge in [-0.25, -0.2) is 0 Å². The van der Waals surface area contributed by atoms with Crippen molar-refractivity contribution in [2.75, 3.05) is 25.5 Å². The molecule has 8 nitrogen and oxygen atoms in total. The Morgan fingerprint density at radius 1 is 0.871 bits per heavy atom. The van der Waals surface area contributed by atoms with Crippen molar-refractivity contribution < 1.29 is 23.9 Å². The monoisotopic (exact) mass is 445 g/mol. The van der Waals surface area contributed by atoms with E-state index in [-0.39, 0.29) is 18.2 Å². The number of benzene rings is 2. The van der Waals surface area contributed by atoms with Crippen LogP contribution in [0, 0.1) is 6.92 Å². The minimum absolute atomic E-state index is 0.155. The van der Waals surface area contributed by atoms with Crippen molar-refractivity contribution in [2.45, 2.75) is 25.7 Å². The van der Waals surface area contributed by atoms with Crippen molar-refractivity contribution in [3.8, 4) is 11.5 Å². The number of rotatable bonds is 10. The van der Waals surface area contributed by atoms with E-state index in [1.165, 1.54) is 11.8 Å². The lowest BCUT2D eigenvalue weighted by Gasteiger charge is -2.12. The molecule has 0 fully saturated rings. The highest BCUT2D eigenvalue weighted by Gasteiger charge is 2.13. The number of hydrogen-bond donors (Lipinski definition) is 3. The van der Waals surface area contributed by atoms with Gasteiger partial charge in [0.2, 0.25) is 5.91 Å². The fraction of sp³-hybridized carbons (Fsp3) is 0.318. The number of hydrogen-bond acceptors (Lipinski definition) is 6. The highest BCUT2D eigenvalue weighted by atomic mass is 32.2. The summed E-state index contributed by atoms with van der Waals surface area (Å²) < 4.78 is 11.0. The quantitative estimate of drug-likeness (QED) is 0.383. The summed E-state index contributed by atoms with van der Waals surface area (Å²) in [4.78, 5) is 37.1. The zero-order valence-corrected chi connectivity index (χ0v) is 18.6. The first kappa shape index (κ1) is 24.1. The van der Waals surface area contributed by atoms with Crippen molar-refractivity contribution in [3.63, 3.8) is 0 Å². The Hall–Kier alpha value is -3.20. The molecule has 0 heterocycles. The molecule has 3 N–H and O–H groups in total. The summed E-state index contributed by atoms with van der Waals surface area (Å²) in [6.07, 6.45) is 0. The highest BCUT2D eigenvalue weighted by molar-refractivity contribution is 8.00. The van der Waals surface area contributed by atoms with Crippen molar-refractivity contribution in [1.82, 2.24) is 16.2 Å². The van der Waals surface area contributed by atoms with Gasteiger partial charge in [-0.2, -0.15) is 0 Å². The molecule has 0 unspecified atom stereocenters. The Balaban J connectivity index is 1.76. The van der Waals surface area contributed by atoms with E-state index in [0.717, 1.165) is 10.5 Å². The second-order valence-corrected chi connectivity index (χ2v) is 7.46. The molecule has 0 bridgehead atoms. The molecule has 0 aliphatic heterocycles. The summed E-state index contributed by atoms with van der Waals surface area (Å²) in [6.45, 7) is 6.29. The zero-order valence-electron chi connectivity index (χ0n) is 17.8. The normalized spacial score (nSPS) is 10.2. The third kappa shape index (κ3) is 8.21. The predicted octanol–water partition coefficient (Wildman–Crippen LogP) is 2.46. The fourth-order valence-corrected chi connectivity index (χ4v) is 3.16. The van der Waals surface area contributed by atoms with Crippen LogP contribution in [0.1, 0.15) is 29.8 Å². The van der Waals surface area contributed by atoms with Gasteiger partial charge >= 0.3 is 0 Å². The van der Waals surface area contributed by atoms with Gasteiger partial charge in [-0.3, -0.25) is 25.2 Å². The molecular formula is C22H27N3O5S. The molecule has 0 spiro atoms. The van der Waals surface area contributed by atoms with E-state index in [9.17, 15) is 14.4 Å². The number of aryl methyl sites for hydroxylation is 1. The summed E-state index contributed by atoms with van der Waals surface area (Å²) in [6, 6.07) is 12.6. The maximum absolute atomic E-state index is 12.3. The molecule has 0 saturated carbocycles. The van der Waals surface area contributed by atoms with E-state index in [0.29, 0.717) is 30.3 Å². The lowest BCUT2D eigenvalue weighted by molar-refractivity contribution is -0.127. The van der Waals surface area contributed by atoms with Gasteiger partial charge in [0.1, 0.15) is 0 Å². The Morgan fingerprint density at radius 3 is 2.19 bits per heavy atom. The topological polar surface area (TPSA) is 106 Å². The summed E-state index contributed by atoms with van der Waals surface area (Å²) in [5.41, 5.74) is 6.08. The number of carbonyl (C=O) groups excluding carboxylic acids is 3. The number of thioether (sulfide) groups is 1. The maximum atomic E-state index is 12.3. The van der Waals surface area contributed by atoms with Gasteiger partial charge < -0.3 is 14.8 Å². The molecule has 0 radical (unpaired) electrons. The molecule has 2 rings (SSSR count). The molecule has 9 heteroatoms. The van der Waals surface area contributed by atoms with Gasteiger partial charge in [0.15, 0.2) is 11.5 Å². The number of nitrogens with one attached hydrogen (secondary N) is 3. The van der Waals surface area contributed by atoms with Gasteiger partial charge in [0, 0.05) is 10.5 Å². The third-order valence-corrected chi connectivity index (χ3v) is 4.96. The number of hydrazine groups is 1. The third-order valence-electron chi connectivity index (χ3n) is 3.95. The van der Waals surface area contributed by atoms with Crippen molar-refractivity contribution in [1.29, 1.82) is 0 Å². The van der Waals surface area contributed by atoms with Crippen LogP contribution in [0.5, 0.6) is 11.5 Å². The van der Waals surface area contributed by atoms with Crippen molar-refractivity contribution in [3.05, 3.63) is 53.6 Å². The Bertz CT molecular complexity index is 903. The lowest BCUT2D eigenvalue weighted by atomic mass is 10.2. The Morgan fingerprint density at radius 2 is 1.52 bits per heavy atom. The second-order valence-electron chi connectivity index (χ2n) is 6.41. The van der Waals surface area contributed by atoms with Gasteiger partial charge in [0.05, 0.1) is 25.5 Å².